The zero-order valence-electron chi connectivity index (χ0n) is 12.2. The maximum Gasteiger partial charge on any atom is 0.280 e. The Balaban J connectivity index is 1.73. The summed E-state index contributed by atoms with van der Waals surface area (Å²) in [6, 6.07) is 10.7. The first-order chi connectivity index (χ1) is 11.2. The Bertz CT molecular complexity index is 878. The fourth-order valence-corrected chi connectivity index (χ4v) is 2.34. The molecule has 3 heterocycles. The van der Waals surface area contributed by atoms with Crippen LogP contribution in [0.4, 0.5) is 5.69 Å². The van der Waals surface area contributed by atoms with E-state index in [0.29, 0.717) is 17.3 Å². The highest BCUT2D eigenvalue weighted by Gasteiger charge is 2.47. The zero-order valence-corrected chi connectivity index (χ0v) is 12.2. The van der Waals surface area contributed by atoms with Crippen LogP contribution >= 0.6 is 0 Å². The van der Waals surface area contributed by atoms with Gasteiger partial charge in [-0.15, -0.1) is 0 Å². The number of ether oxygens (including phenoxy) is 1. The lowest BCUT2D eigenvalue weighted by atomic mass is 10.0. The third-order valence-corrected chi connectivity index (χ3v) is 3.66. The lowest BCUT2D eigenvalue weighted by Gasteiger charge is -2.31. The predicted octanol–water partition coefficient (Wildman–Crippen LogP) is 2.38. The van der Waals surface area contributed by atoms with Gasteiger partial charge in [-0.2, -0.15) is 4.98 Å². The van der Waals surface area contributed by atoms with Gasteiger partial charge < -0.3 is 14.6 Å². The number of nitrogens with one attached hydrogen (secondary N) is 1. The van der Waals surface area contributed by atoms with Gasteiger partial charge in [0.15, 0.2) is 0 Å². The van der Waals surface area contributed by atoms with Crippen molar-refractivity contribution in [3.8, 4) is 17.1 Å². The molecule has 1 N–H and O–H groups in total. The molecule has 1 aliphatic rings. The summed E-state index contributed by atoms with van der Waals surface area (Å²) in [4.78, 5) is 20.7. The minimum atomic E-state index is -1.38. The van der Waals surface area contributed by atoms with Gasteiger partial charge in [0.25, 0.3) is 17.4 Å². The Labute approximate surface area is 131 Å². The number of para-hydroxylation sites is 2. The summed E-state index contributed by atoms with van der Waals surface area (Å²) < 4.78 is 11.1. The van der Waals surface area contributed by atoms with Crippen LogP contribution in [0.15, 0.2) is 53.3 Å². The van der Waals surface area contributed by atoms with E-state index in [-0.39, 0.29) is 11.8 Å². The minimum absolute atomic E-state index is 0.0938. The fraction of sp³-hybridized carbons (Fsp3) is 0.125. The molecule has 3 aromatic rings. The number of hydrogen-bond donors (Lipinski definition) is 1. The van der Waals surface area contributed by atoms with Gasteiger partial charge in [-0.1, -0.05) is 17.3 Å². The van der Waals surface area contributed by atoms with Crippen LogP contribution in [0.5, 0.6) is 5.75 Å². The van der Waals surface area contributed by atoms with Crippen LogP contribution in [0.25, 0.3) is 11.4 Å². The first kappa shape index (κ1) is 13.4. The second kappa shape index (κ2) is 4.91. The Kier molecular flexibility index (Phi) is 2.87. The molecular weight excluding hydrogens is 296 g/mol. The van der Waals surface area contributed by atoms with Gasteiger partial charge in [0.2, 0.25) is 5.82 Å². The number of nitrogens with zero attached hydrogens (tertiary/aromatic N) is 3. The number of carbonyl (C=O) groups excluding carboxylic acids is 1. The molecule has 7 heteroatoms. The highest BCUT2D eigenvalue weighted by atomic mass is 16.5. The van der Waals surface area contributed by atoms with Crippen molar-refractivity contribution in [2.24, 2.45) is 0 Å². The number of rotatable bonds is 2. The van der Waals surface area contributed by atoms with Crippen molar-refractivity contribution < 1.29 is 14.1 Å². The number of benzene rings is 1. The highest BCUT2D eigenvalue weighted by Crippen LogP contribution is 2.38. The molecule has 0 saturated carbocycles. The number of aromatic nitrogens is 3. The third-order valence-electron chi connectivity index (χ3n) is 3.66. The molecule has 0 fully saturated rings. The number of anilines is 1. The van der Waals surface area contributed by atoms with E-state index < -0.39 is 5.60 Å². The molecule has 114 valence electrons. The summed E-state index contributed by atoms with van der Waals surface area (Å²) in [5, 5.41) is 6.72. The zero-order chi connectivity index (χ0) is 15.9. The van der Waals surface area contributed by atoms with E-state index in [1.807, 2.05) is 12.1 Å². The quantitative estimate of drug-likeness (QED) is 0.781. The molecule has 1 unspecified atom stereocenters. The molecule has 2 aromatic heterocycles. The van der Waals surface area contributed by atoms with Crippen LogP contribution in [-0.2, 0) is 10.4 Å². The van der Waals surface area contributed by atoms with Crippen molar-refractivity contribution in [2.75, 3.05) is 5.32 Å². The number of hydrogen-bond acceptors (Lipinski definition) is 6. The Morgan fingerprint density at radius 1 is 1.13 bits per heavy atom. The van der Waals surface area contributed by atoms with Crippen molar-refractivity contribution in [1.82, 2.24) is 15.1 Å². The molecule has 0 spiro atoms. The van der Waals surface area contributed by atoms with E-state index in [4.69, 9.17) is 9.26 Å². The Morgan fingerprint density at radius 2 is 1.91 bits per heavy atom. The van der Waals surface area contributed by atoms with Crippen LogP contribution in [0.1, 0.15) is 12.8 Å². The van der Waals surface area contributed by atoms with Crippen LogP contribution in [0, 0.1) is 0 Å². The predicted molar refractivity (Wildman–Crippen MR) is 80.6 cm³/mol. The van der Waals surface area contributed by atoms with E-state index >= 15 is 0 Å². The van der Waals surface area contributed by atoms with Crippen molar-refractivity contribution in [3.05, 3.63) is 54.7 Å². The molecule has 7 nitrogen and oxygen atoms in total. The van der Waals surface area contributed by atoms with E-state index in [2.05, 4.69) is 20.4 Å². The molecule has 23 heavy (non-hydrogen) atoms. The normalized spacial score (nSPS) is 19.6. The number of pyridine rings is 1. The maximum atomic E-state index is 12.5. The van der Waals surface area contributed by atoms with E-state index in [1.165, 1.54) is 0 Å². The van der Waals surface area contributed by atoms with Crippen LogP contribution < -0.4 is 10.1 Å². The topological polar surface area (TPSA) is 90.1 Å². The molecule has 1 amide bonds. The Morgan fingerprint density at radius 3 is 2.74 bits per heavy atom. The van der Waals surface area contributed by atoms with Gasteiger partial charge in [0.05, 0.1) is 5.69 Å². The van der Waals surface area contributed by atoms with Gasteiger partial charge in [-0.3, -0.25) is 9.78 Å². The van der Waals surface area contributed by atoms with Crippen LogP contribution in [0.2, 0.25) is 0 Å². The highest BCUT2D eigenvalue weighted by molar-refractivity contribution is 6.00. The second-order valence-corrected chi connectivity index (χ2v) is 5.24. The molecule has 1 atom stereocenters. The monoisotopic (exact) mass is 308 g/mol. The van der Waals surface area contributed by atoms with Gasteiger partial charge in [-0.25, -0.2) is 0 Å². The first-order valence-corrected chi connectivity index (χ1v) is 7.01. The van der Waals surface area contributed by atoms with Crippen molar-refractivity contribution in [1.29, 1.82) is 0 Å². The summed E-state index contributed by atoms with van der Waals surface area (Å²) in [6.45, 7) is 1.60. The molecule has 1 aliphatic heterocycles. The minimum Gasteiger partial charge on any atom is -0.466 e. The van der Waals surface area contributed by atoms with Gasteiger partial charge >= 0.3 is 0 Å². The average molecular weight is 308 g/mol. The molecule has 4 rings (SSSR count). The van der Waals surface area contributed by atoms with Crippen LogP contribution in [0.3, 0.4) is 0 Å². The van der Waals surface area contributed by atoms with Crippen LogP contribution in [-0.4, -0.2) is 21.0 Å². The van der Waals surface area contributed by atoms with Gasteiger partial charge in [0, 0.05) is 18.0 Å². The summed E-state index contributed by atoms with van der Waals surface area (Å²) >= 11 is 0. The van der Waals surface area contributed by atoms with Crippen molar-refractivity contribution >= 4 is 11.6 Å². The average Bonchev–Trinajstić information content (AvgIpc) is 3.07. The largest absolute Gasteiger partial charge is 0.466 e. The number of fused-ring (bicyclic) bond motifs is 1. The van der Waals surface area contributed by atoms with E-state index in [0.717, 1.165) is 5.56 Å². The fourth-order valence-electron chi connectivity index (χ4n) is 2.34. The van der Waals surface area contributed by atoms with Gasteiger partial charge in [0.1, 0.15) is 5.75 Å². The second-order valence-electron chi connectivity index (χ2n) is 5.24. The molecule has 0 bridgehead atoms. The summed E-state index contributed by atoms with van der Waals surface area (Å²) in [6.07, 6.45) is 3.26. The molecule has 0 radical (unpaired) electrons. The first-order valence-electron chi connectivity index (χ1n) is 7.01. The van der Waals surface area contributed by atoms with Crippen molar-refractivity contribution in [3.63, 3.8) is 0 Å². The lowest BCUT2D eigenvalue weighted by molar-refractivity contribution is -0.133. The summed E-state index contributed by atoms with van der Waals surface area (Å²) in [5.74, 6) is 0.662. The standard InChI is InChI=1S/C16H12N4O3/c1-16(14(21)18-11-4-2-3-5-12(11)22-16)15-19-13(20-23-15)10-6-8-17-9-7-10/h2-9H,1H3,(H,18,21). The number of amides is 1. The molecule has 0 aliphatic carbocycles. The number of carbonyl (C=O) groups is 1. The van der Waals surface area contributed by atoms with E-state index in [1.54, 1.807) is 43.6 Å². The summed E-state index contributed by atoms with van der Waals surface area (Å²) in [7, 11) is 0. The third kappa shape index (κ3) is 2.13. The summed E-state index contributed by atoms with van der Waals surface area (Å²) in [5.41, 5.74) is -0.0221. The molecular formula is C16H12N4O3. The molecule has 0 saturated heterocycles. The lowest BCUT2D eigenvalue weighted by Crippen LogP contribution is -2.46. The van der Waals surface area contributed by atoms with Crippen molar-refractivity contribution in [2.45, 2.75) is 12.5 Å². The van der Waals surface area contributed by atoms with Gasteiger partial charge in [-0.05, 0) is 31.2 Å². The SMILES string of the molecule is CC1(c2nc(-c3ccncc3)no2)Oc2ccccc2NC1=O. The molecule has 1 aromatic carbocycles. The Hall–Kier alpha value is -3.22. The maximum absolute atomic E-state index is 12.5. The van der Waals surface area contributed by atoms with E-state index in [9.17, 15) is 4.79 Å². The smallest absolute Gasteiger partial charge is 0.280 e.